The van der Waals surface area contributed by atoms with E-state index < -0.39 is 23.7 Å². The van der Waals surface area contributed by atoms with E-state index in [1.165, 1.54) is 12.1 Å². The maximum absolute atomic E-state index is 14.3. The number of hydrogen-bond donors (Lipinski definition) is 2. The second-order valence-electron chi connectivity index (χ2n) is 6.19. The maximum Gasteiger partial charge on any atom is 0.326 e. The van der Waals surface area contributed by atoms with Crippen LogP contribution in [0.2, 0.25) is 0 Å². The number of halogens is 1. The molecule has 1 fully saturated rings. The number of rotatable bonds is 5. The van der Waals surface area contributed by atoms with Crippen LogP contribution < -0.4 is 5.32 Å². The third-order valence-corrected chi connectivity index (χ3v) is 4.24. The highest BCUT2D eigenvalue weighted by Gasteiger charge is 2.37. The van der Waals surface area contributed by atoms with E-state index in [0.717, 1.165) is 24.0 Å². The lowest BCUT2D eigenvalue weighted by atomic mass is 10.0. The highest BCUT2D eigenvalue weighted by Crippen LogP contribution is 2.33. The SMILES string of the molecule is Cc1ccc(-c2ccc(C(=O)NC(C(=O)O)C3CC3)c(F)c2)cc1. The number of carbonyl (C=O) groups is 2. The lowest BCUT2D eigenvalue weighted by molar-refractivity contribution is -0.139. The van der Waals surface area contributed by atoms with Gasteiger partial charge in [0, 0.05) is 0 Å². The molecule has 0 aromatic heterocycles. The normalized spacial score (nSPS) is 14.9. The number of aliphatic carboxylic acids is 1. The fourth-order valence-corrected chi connectivity index (χ4v) is 2.65. The molecular weight excluding hydrogens is 309 g/mol. The molecule has 0 radical (unpaired) electrons. The summed E-state index contributed by atoms with van der Waals surface area (Å²) in [5.74, 6) is -2.49. The highest BCUT2D eigenvalue weighted by atomic mass is 19.1. The van der Waals surface area contributed by atoms with Crippen molar-refractivity contribution in [1.82, 2.24) is 5.32 Å². The molecule has 1 unspecified atom stereocenters. The lowest BCUT2D eigenvalue weighted by Crippen LogP contribution is -2.42. The van der Waals surface area contributed by atoms with E-state index in [1.54, 1.807) is 6.07 Å². The Morgan fingerprint density at radius 1 is 1.12 bits per heavy atom. The molecule has 1 amide bonds. The Bertz CT molecular complexity index is 782. The zero-order valence-electron chi connectivity index (χ0n) is 13.3. The van der Waals surface area contributed by atoms with E-state index in [2.05, 4.69) is 5.32 Å². The number of benzene rings is 2. The average molecular weight is 327 g/mol. The van der Waals surface area contributed by atoms with Crippen LogP contribution in [0.4, 0.5) is 4.39 Å². The van der Waals surface area contributed by atoms with Gasteiger partial charge in [0.1, 0.15) is 11.9 Å². The summed E-state index contributed by atoms with van der Waals surface area (Å²) in [5.41, 5.74) is 2.49. The van der Waals surface area contributed by atoms with Gasteiger partial charge in [0.25, 0.3) is 5.91 Å². The molecule has 0 saturated heterocycles. The van der Waals surface area contributed by atoms with Gasteiger partial charge in [0.15, 0.2) is 0 Å². The van der Waals surface area contributed by atoms with Gasteiger partial charge in [0.2, 0.25) is 0 Å². The summed E-state index contributed by atoms with van der Waals surface area (Å²) in [6.45, 7) is 1.97. The van der Waals surface area contributed by atoms with E-state index in [9.17, 15) is 14.0 Å². The second-order valence-corrected chi connectivity index (χ2v) is 6.19. The summed E-state index contributed by atoms with van der Waals surface area (Å²) in [4.78, 5) is 23.4. The predicted octanol–water partition coefficient (Wildman–Crippen LogP) is 3.39. The number of carboxylic acids is 1. The van der Waals surface area contributed by atoms with Gasteiger partial charge in [-0.05, 0) is 48.9 Å². The Morgan fingerprint density at radius 2 is 1.75 bits per heavy atom. The van der Waals surface area contributed by atoms with Crippen LogP contribution in [0.1, 0.15) is 28.8 Å². The summed E-state index contributed by atoms with van der Waals surface area (Å²) in [5, 5.41) is 11.6. The molecule has 0 spiro atoms. The van der Waals surface area contributed by atoms with Crippen LogP contribution in [0.3, 0.4) is 0 Å². The van der Waals surface area contributed by atoms with Gasteiger partial charge in [-0.3, -0.25) is 4.79 Å². The van der Waals surface area contributed by atoms with E-state index in [0.29, 0.717) is 5.56 Å². The van der Waals surface area contributed by atoms with Gasteiger partial charge in [0.05, 0.1) is 5.56 Å². The quantitative estimate of drug-likeness (QED) is 0.884. The van der Waals surface area contributed by atoms with Crippen molar-refractivity contribution in [3.05, 3.63) is 59.4 Å². The van der Waals surface area contributed by atoms with Gasteiger partial charge in [-0.25, -0.2) is 9.18 Å². The summed E-state index contributed by atoms with van der Waals surface area (Å²) in [6.07, 6.45) is 1.54. The first-order valence-corrected chi connectivity index (χ1v) is 7.86. The average Bonchev–Trinajstić information content (AvgIpc) is 3.37. The predicted molar refractivity (Wildman–Crippen MR) is 88.2 cm³/mol. The molecule has 24 heavy (non-hydrogen) atoms. The lowest BCUT2D eigenvalue weighted by Gasteiger charge is -2.14. The Kier molecular flexibility index (Phi) is 4.34. The van der Waals surface area contributed by atoms with Crippen molar-refractivity contribution in [2.24, 2.45) is 5.92 Å². The first-order valence-electron chi connectivity index (χ1n) is 7.86. The zero-order chi connectivity index (χ0) is 17.3. The molecule has 4 nitrogen and oxygen atoms in total. The first-order chi connectivity index (χ1) is 11.5. The Balaban J connectivity index is 1.80. The van der Waals surface area contributed by atoms with Gasteiger partial charge in [-0.2, -0.15) is 0 Å². The van der Waals surface area contributed by atoms with Crippen molar-refractivity contribution in [3.63, 3.8) is 0 Å². The number of carboxylic acid groups (broad SMARTS) is 1. The molecule has 5 heteroatoms. The van der Waals surface area contributed by atoms with Crippen molar-refractivity contribution in [2.45, 2.75) is 25.8 Å². The minimum Gasteiger partial charge on any atom is -0.480 e. The van der Waals surface area contributed by atoms with E-state index in [1.807, 2.05) is 31.2 Å². The van der Waals surface area contributed by atoms with Gasteiger partial charge >= 0.3 is 5.97 Å². The van der Waals surface area contributed by atoms with Crippen molar-refractivity contribution >= 4 is 11.9 Å². The molecular formula is C19H18FNO3. The third-order valence-electron chi connectivity index (χ3n) is 4.24. The molecule has 2 N–H and O–H groups in total. The van der Waals surface area contributed by atoms with Crippen molar-refractivity contribution in [2.75, 3.05) is 0 Å². The van der Waals surface area contributed by atoms with Crippen LogP contribution >= 0.6 is 0 Å². The number of nitrogens with one attached hydrogen (secondary N) is 1. The van der Waals surface area contributed by atoms with E-state index >= 15 is 0 Å². The van der Waals surface area contributed by atoms with E-state index in [4.69, 9.17) is 5.11 Å². The minimum atomic E-state index is -1.08. The Morgan fingerprint density at radius 3 is 2.29 bits per heavy atom. The highest BCUT2D eigenvalue weighted by molar-refractivity contribution is 5.97. The summed E-state index contributed by atoms with van der Waals surface area (Å²) >= 11 is 0. The fraction of sp³-hybridized carbons (Fsp3) is 0.263. The molecule has 1 aliphatic carbocycles. The Hall–Kier alpha value is -2.69. The van der Waals surface area contributed by atoms with Crippen LogP contribution in [-0.2, 0) is 4.79 Å². The molecule has 124 valence electrons. The van der Waals surface area contributed by atoms with Crippen LogP contribution in [0.5, 0.6) is 0 Å². The molecule has 1 saturated carbocycles. The number of hydrogen-bond acceptors (Lipinski definition) is 2. The molecule has 0 aliphatic heterocycles. The fourth-order valence-electron chi connectivity index (χ4n) is 2.65. The summed E-state index contributed by atoms with van der Waals surface area (Å²) < 4.78 is 14.3. The molecule has 0 bridgehead atoms. The summed E-state index contributed by atoms with van der Waals surface area (Å²) in [6, 6.07) is 11.0. The standard InChI is InChI=1S/C19H18FNO3/c1-11-2-4-12(5-3-11)14-8-9-15(16(20)10-14)18(22)21-17(19(23)24)13-6-7-13/h2-5,8-10,13,17H,6-7H2,1H3,(H,21,22)(H,23,24). The van der Waals surface area contributed by atoms with Crippen molar-refractivity contribution < 1.29 is 19.1 Å². The van der Waals surface area contributed by atoms with Crippen LogP contribution in [0, 0.1) is 18.7 Å². The molecule has 2 aromatic carbocycles. The van der Waals surface area contributed by atoms with E-state index in [-0.39, 0.29) is 11.5 Å². The van der Waals surface area contributed by atoms with Crippen molar-refractivity contribution in [1.29, 1.82) is 0 Å². The van der Waals surface area contributed by atoms with Crippen LogP contribution in [-0.4, -0.2) is 23.0 Å². The minimum absolute atomic E-state index is 0.0543. The largest absolute Gasteiger partial charge is 0.480 e. The molecule has 2 aromatic rings. The molecule has 3 rings (SSSR count). The zero-order valence-corrected chi connectivity index (χ0v) is 13.3. The van der Waals surface area contributed by atoms with Gasteiger partial charge in [-0.1, -0.05) is 35.9 Å². The molecule has 1 atom stereocenters. The number of aryl methyl sites for hydroxylation is 1. The number of amides is 1. The van der Waals surface area contributed by atoms with Gasteiger partial charge in [-0.15, -0.1) is 0 Å². The Labute approximate surface area is 139 Å². The van der Waals surface area contributed by atoms with Crippen LogP contribution in [0.25, 0.3) is 11.1 Å². The molecule has 1 aliphatic rings. The topological polar surface area (TPSA) is 66.4 Å². The second kappa shape index (κ2) is 6.43. The first kappa shape index (κ1) is 16.2. The third kappa shape index (κ3) is 3.45. The van der Waals surface area contributed by atoms with Crippen molar-refractivity contribution in [3.8, 4) is 11.1 Å². The molecule has 0 heterocycles. The van der Waals surface area contributed by atoms with Gasteiger partial charge < -0.3 is 10.4 Å². The monoisotopic (exact) mass is 327 g/mol. The summed E-state index contributed by atoms with van der Waals surface area (Å²) in [7, 11) is 0. The number of carbonyl (C=O) groups excluding carboxylic acids is 1. The maximum atomic E-state index is 14.3. The van der Waals surface area contributed by atoms with Crippen LogP contribution in [0.15, 0.2) is 42.5 Å². The smallest absolute Gasteiger partial charge is 0.326 e.